The summed E-state index contributed by atoms with van der Waals surface area (Å²) in [6, 6.07) is 13.6. The molecule has 1 aliphatic rings. The van der Waals surface area contributed by atoms with Gasteiger partial charge in [-0.25, -0.2) is 4.39 Å². The van der Waals surface area contributed by atoms with E-state index in [2.05, 4.69) is 0 Å². The van der Waals surface area contributed by atoms with Gasteiger partial charge in [-0.3, -0.25) is 9.59 Å². The predicted octanol–water partition coefficient (Wildman–Crippen LogP) is 2.99. The minimum Gasteiger partial charge on any atom is -0.479 e. The maximum atomic E-state index is 13.7. The molecule has 0 aliphatic carbocycles. The quantitative estimate of drug-likeness (QED) is 0.828. The van der Waals surface area contributed by atoms with Crippen LogP contribution in [0.4, 0.5) is 10.1 Å². The lowest BCUT2D eigenvalue weighted by atomic mass is 10.1. The molecule has 0 spiro atoms. The highest BCUT2D eigenvalue weighted by molar-refractivity contribution is 6.00. The third kappa shape index (κ3) is 3.69. The second-order valence-corrected chi connectivity index (χ2v) is 6.31. The zero-order valence-electron chi connectivity index (χ0n) is 14.8. The zero-order chi connectivity index (χ0) is 18.7. The second kappa shape index (κ2) is 7.56. The van der Waals surface area contributed by atoms with E-state index in [1.165, 1.54) is 11.0 Å². The Hall–Kier alpha value is -2.89. The van der Waals surface area contributed by atoms with Crippen LogP contribution in [0.5, 0.6) is 5.75 Å². The third-order valence-corrected chi connectivity index (χ3v) is 4.41. The van der Waals surface area contributed by atoms with Crippen molar-refractivity contribution < 1.29 is 18.7 Å². The van der Waals surface area contributed by atoms with Crippen molar-refractivity contribution in [3.63, 3.8) is 0 Å². The van der Waals surface area contributed by atoms with Crippen molar-refractivity contribution in [1.29, 1.82) is 0 Å². The van der Waals surface area contributed by atoms with Crippen LogP contribution in [0.3, 0.4) is 0 Å². The summed E-state index contributed by atoms with van der Waals surface area (Å²) in [5, 5.41) is 0. The summed E-state index contributed by atoms with van der Waals surface area (Å²) in [7, 11) is 1.63. The normalized spacial score (nSPS) is 16.0. The van der Waals surface area contributed by atoms with Crippen LogP contribution in [0, 0.1) is 5.82 Å². The summed E-state index contributed by atoms with van der Waals surface area (Å²) in [5.41, 5.74) is 1.13. The largest absolute Gasteiger partial charge is 0.479 e. The van der Waals surface area contributed by atoms with Crippen LogP contribution in [0.15, 0.2) is 48.5 Å². The molecule has 0 saturated carbocycles. The molecule has 0 radical (unpaired) electrons. The number of carbonyl (C=O) groups excluding carboxylic acids is 2. The van der Waals surface area contributed by atoms with Crippen LogP contribution in [-0.4, -0.2) is 36.4 Å². The molecule has 0 fully saturated rings. The van der Waals surface area contributed by atoms with Crippen molar-refractivity contribution in [2.75, 3.05) is 18.5 Å². The number of anilines is 1. The number of ether oxygens (including phenoxy) is 1. The summed E-state index contributed by atoms with van der Waals surface area (Å²) < 4.78 is 19.3. The Kier molecular flexibility index (Phi) is 5.21. The van der Waals surface area contributed by atoms with Gasteiger partial charge < -0.3 is 14.5 Å². The zero-order valence-corrected chi connectivity index (χ0v) is 14.8. The van der Waals surface area contributed by atoms with Crippen molar-refractivity contribution in [2.24, 2.45) is 0 Å². The van der Waals surface area contributed by atoms with Gasteiger partial charge in [0.25, 0.3) is 5.91 Å². The van der Waals surface area contributed by atoms with Gasteiger partial charge in [0.1, 0.15) is 11.6 Å². The summed E-state index contributed by atoms with van der Waals surface area (Å²) in [6.45, 7) is 2.14. The summed E-state index contributed by atoms with van der Waals surface area (Å²) in [5.74, 6) is -0.0315. The first-order valence-electron chi connectivity index (χ1n) is 8.52. The van der Waals surface area contributed by atoms with E-state index in [1.807, 2.05) is 12.1 Å². The molecule has 2 amide bonds. The highest BCUT2D eigenvalue weighted by atomic mass is 19.1. The van der Waals surface area contributed by atoms with E-state index in [0.29, 0.717) is 17.0 Å². The molecule has 6 heteroatoms. The molecule has 1 atom stereocenters. The number of hydrogen-bond donors (Lipinski definition) is 0. The van der Waals surface area contributed by atoms with Crippen molar-refractivity contribution in [1.82, 2.24) is 4.90 Å². The first kappa shape index (κ1) is 17.9. The lowest BCUT2D eigenvalue weighted by Gasteiger charge is -2.33. The molecule has 1 heterocycles. The number of nitrogens with zero attached hydrogens (tertiary/aromatic N) is 2. The lowest BCUT2D eigenvalue weighted by Crippen LogP contribution is -2.45. The number of rotatable bonds is 5. The van der Waals surface area contributed by atoms with E-state index in [9.17, 15) is 14.0 Å². The number of amides is 2. The van der Waals surface area contributed by atoms with E-state index >= 15 is 0 Å². The molecule has 26 heavy (non-hydrogen) atoms. The Morgan fingerprint density at radius 1 is 1.19 bits per heavy atom. The van der Waals surface area contributed by atoms with Crippen molar-refractivity contribution >= 4 is 17.5 Å². The highest BCUT2D eigenvalue weighted by Gasteiger charge is 2.31. The Balaban J connectivity index is 1.65. The molecular formula is C20H21FN2O3. The summed E-state index contributed by atoms with van der Waals surface area (Å²) >= 11 is 0. The standard InChI is InChI=1S/C20H21FN2O3/c1-14-20(25)23(17-9-5-6-10-18(17)26-14)12-11-19(24)22(2)13-15-7-3-4-8-16(15)21/h3-10,14H,11-13H2,1-2H3/t14-/m0/s1. The number of hydrogen-bond acceptors (Lipinski definition) is 3. The molecule has 0 N–H and O–H groups in total. The van der Waals surface area contributed by atoms with E-state index in [0.717, 1.165) is 0 Å². The Morgan fingerprint density at radius 2 is 1.88 bits per heavy atom. The summed E-state index contributed by atoms with van der Waals surface area (Å²) in [6.07, 6.45) is -0.436. The van der Waals surface area contributed by atoms with Crippen LogP contribution in [0.1, 0.15) is 18.9 Å². The van der Waals surface area contributed by atoms with Gasteiger partial charge >= 0.3 is 0 Å². The fraction of sp³-hybridized carbons (Fsp3) is 0.300. The topological polar surface area (TPSA) is 49.9 Å². The molecule has 0 aromatic heterocycles. The van der Waals surface area contributed by atoms with Crippen molar-refractivity contribution in [2.45, 2.75) is 26.0 Å². The van der Waals surface area contributed by atoms with Gasteiger partial charge in [-0.1, -0.05) is 30.3 Å². The maximum Gasteiger partial charge on any atom is 0.267 e. The lowest BCUT2D eigenvalue weighted by molar-refractivity contribution is -0.130. The minimum absolute atomic E-state index is 0.151. The fourth-order valence-corrected chi connectivity index (χ4v) is 2.96. The maximum absolute atomic E-state index is 13.7. The Morgan fingerprint density at radius 3 is 2.65 bits per heavy atom. The molecular weight excluding hydrogens is 335 g/mol. The SMILES string of the molecule is C[C@@H]1Oc2ccccc2N(CCC(=O)N(C)Cc2ccccc2F)C1=O. The van der Waals surface area contributed by atoms with E-state index < -0.39 is 6.10 Å². The van der Waals surface area contributed by atoms with Gasteiger partial charge in [0.15, 0.2) is 6.10 Å². The first-order valence-corrected chi connectivity index (χ1v) is 8.52. The molecule has 0 saturated heterocycles. The van der Waals surface area contributed by atoms with Gasteiger partial charge in [0.05, 0.1) is 5.69 Å². The van der Waals surface area contributed by atoms with E-state index in [4.69, 9.17) is 4.74 Å². The third-order valence-electron chi connectivity index (χ3n) is 4.41. The molecule has 5 nitrogen and oxygen atoms in total. The van der Waals surface area contributed by atoms with Crippen LogP contribution in [0.2, 0.25) is 0 Å². The molecule has 136 valence electrons. The summed E-state index contributed by atoms with van der Waals surface area (Å²) in [4.78, 5) is 27.9. The number of fused-ring (bicyclic) bond motifs is 1. The van der Waals surface area contributed by atoms with Gasteiger partial charge in [-0.2, -0.15) is 0 Å². The molecule has 1 aliphatic heterocycles. The smallest absolute Gasteiger partial charge is 0.267 e. The molecule has 3 rings (SSSR count). The van der Waals surface area contributed by atoms with Crippen LogP contribution >= 0.6 is 0 Å². The molecule has 0 bridgehead atoms. The number of benzene rings is 2. The van der Waals surface area contributed by atoms with E-state index in [1.54, 1.807) is 49.2 Å². The van der Waals surface area contributed by atoms with Crippen LogP contribution in [0.25, 0.3) is 0 Å². The molecule has 2 aromatic rings. The first-order chi connectivity index (χ1) is 12.5. The predicted molar refractivity (Wildman–Crippen MR) is 96.4 cm³/mol. The number of carbonyl (C=O) groups is 2. The molecule has 2 aromatic carbocycles. The average Bonchev–Trinajstić information content (AvgIpc) is 2.63. The minimum atomic E-state index is -0.587. The second-order valence-electron chi connectivity index (χ2n) is 6.31. The highest BCUT2D eigenvalue weighted by Crippen LogP contribution is 2.33. The van der Waals surface area contributed by atoms with Crippen LogP contribution < -0.4 is 9.64 Å². The Labute approximate surface area is 152 Å². The van der Waals surface area contributed by atoms with Crippen molar-refractivity contribution in [3.05, 3.63) is 59.9 Å². The van der Waals surface area contributed by atoms with Gasteiger partial charge in [0.2, 0.25) is 5.91 Å². The van der Waals surface area contributed by atoms with Gasteiger partial charge in [-0.05, 0) is 25.1 Å². The fourth-order valence-electron chi connectivity index (χ4n) is 2.96. The van der Waals surface area contributed by atoms with Crippen LogP contribution in [-0.2, 0) is 16.1 Å². The monoisotopic (exact) mass is 356 g/mol. The molecule has 0 unspecified atom stereocenters. The van der Waals surface area contributed by atoms with Gasteiger partial charge in [0, 0.05) is 32.1 Å². The van der Waals surface area contributed by atoms with Gasteiger partial charge in [-0.15, -0.1) is 0 Å². The average molecular weight is 356 g/mol. The van der Waals surface area contributed by atoms with Crippen molar-refractivity contribution in [3.8, 4) is 5.75 Å². The Bertz CT molecular complexity index is 824. The number of para-hydroxylation sites is 2. The number of halogens is 1. The van der Waals surface area contributed by atoms with E-state index in [-0.39, 0.29) is 37.1 Å².